The van der Waals surface area contributed by atoms with E-state index in [0.29, 0.717) is 11.5 Å². The Hall–Kier alpha value is -1.88. The second-order valence-electron chi connectivity index (χ2n) is 3.56. The summed E-state index contributed by atoms with van der Waals surface area (Å²) >= 11 is 3.36. The van der Waals surface area contributed by atoms with Gasteiger partial charge < -0.3 is 9.40 Å². The lowest BCUT2D eigenvalue weighted by atomic mass is 10.1. The standard InChI is InChI=1S/C12H7BrN2O2/c13-7-3-4-8-9(6-7)14-12(16)15-11(8)10-2-1-5-17-10/h1-6H,(H,14,15,16). The maximum absolute atomic E-state index is 11.5. The highest BCUT2D eigenvalue weighted by atomic mass is 79.9. The number of fused-ring (bicyclic) bond motifs is 1. The molecule has 0 aliphatic carbocycles. The fourth-order valence-corrected chi connectivity index (χ4v) is 2.09. The van der Waals surface area contributed by atoms with Gasteiger partial charge in [-0.25, -0.2) is 4.79 Å². The summed E-state index contributed by atoms with van der Waals surface area (Å²) in [5.41, 5.74) is 0.897. The van der Waals surface area contributed by atoms with Crippen LogP contribution in [-0.2, 0) is 0 Å². The largest absolute Gasteiger partial charge is 0.463 e. The maximum Gasteiger partial charge on any atom is 0.346 e. The Labute approximate surface area is 104 Å². The van der Waals surface area contributed by atoms with Gasteiger partial charge in [-0.1, -0.05) is 15.9 Å². The average molecular weight is 291 g/mol. The van der Waals surface area contributed by atoms with Gasteiger partial charge in [-0.15, -0.1) is 0 Å². The van der Waals surface area contributed by atoms with Crippen LogP contribution < -0.4 is 5.69 Å². The van der Waals surface area contributed by atoms with Crippen LogP contribution in [0.1, 0.15) is 0 Å². The summed E-state index contributed by atoms with van der Waals surface area (Å²) in [6.07, 6.45) is 1.56. The highest BCUT2D eigenvalue weighted by Gasteiger charge is 2.09. The number of aromatic nitrogens is 2. The van der Waals surface area contributed by atoms with Gasteiger partial charge in [0.2, 0.25) is 0 Å². The number of aromatic amines is 1. The number of H-pyrrole nitrogens is 1. The molecule has 2 aromatic heterocycles. The first-order valence-corrected chi connectivity index (χ1v) is 5.77. The van der Waals surface area contributed by atoms with Crippen molar-refractivity contribution in [2.24, 2.45) is 0 Å². The van der Waals surface area contributed by atoms with Crippen molar-refractivity contribution in [2.75, 3.05) is 0 Å². The van der Waals surface area contributed by atoms with Gasteiger partial charge in [-0.3, -0.25) is 0 Å². The molecule has 0 atom stereocenters. The molecule has 0 radical (unpaired) electrons. The molecule has 0 fully saturated rings. The van der Waals surface area contributed by atoms with Crippen molar-refractivity contribution in [1.29, 1.82) is 0 Å². The van der Waals surface area contributed by atoms with E-state index in [4.69, 9.17) is 4.42 Å². The summed E-state index contributed by atoms with van der Waals surface area (Å²) < 4.78 is 6.19. The molecule has 1 N–H and O–H groups in total. The second-order valence-corrected chi connectivity index (χ2v) is 4.47. The van der Waals surface area contributed by atoms with Gasteiger partial charge in [-0.2, -0.15) is 4.98 Å². The lowest BCUT2D eigenvalue weighted by molar-refractivity contribution is 0.580. The third kappa shape index (κ3) is 1.78. The molecule has 2 heterocycles. The van der Waals surface area contributed by atoms with E-state index >= 15 is 0 Å². The highest BCUT2D eigenvalue weighted by Crippen LogP contribution is 2.26. The number of furan rings is 1. The van der Waals surface area contributed by atoms with Crippen molar-refractivity contribution in [1.82, 2.24) is 9.97 Å². The Morgan fingerprint density at radius 3 is 2.94 bits per heavy atom. The molecule has 0 spiro atoms. The van der Waals surface area contributed by atoms with Gasteiger partial charge in [0, 0.05) is 9.86 Å². The van der Waals surface area contributed by atoms with E-state index in [-0.39, 0.29) is 5.69 Å². The minimum atomic E-state index is -0.387. The van der Waals surface area contributed by atoms with Crippen molar-refractivity contribution in [3.8, 4) is 11.5 Å². The molecule has 0 aliphatic heterocycles. The summed E-state index contributed by atoms with van der Waals surface area (Å²) in [5.74, 6) is 0.587. The Bertz CT molecular complexity index is 732. The predicted molar refractivity (Wildman–Crippen MR) is 67.8 cm³/mol. The zero-order valence-electron chi connectivity index (χ0n) is 8.61. The molecular formula is C12H7BrN2O2. The molecule has 0 unspecified atom stereocenters. The summed E-state index contributed by atoms with van der Waals surface area (Å²) in [5, 5.41) is 0.850. The van der Waals surface area contributed by atoms with Crippen LogP contribution in [0.5, 0.6) is 0 Å². The highest BCUT2D eigenvalue weighted by molar-refractivity contribution is 9.10. The fourth-order valence-electron chi connectivity index (χ4n) is 1.73. The monoisotopic (exact) mass is 290 g/mol. The fraction of sp³-hybridized carbons (Fsp3) is 0. The van der Waals surface area contributed by atoms with Crippen LogP contribution in [0.25, 0.3) is 22.4 Å². The molecule has 4 nitrogen and oxygen atoms in total. The zero-order chi connectivity index (χ0) is 11.8. The first kappa shape index (κ1) is 10.3. The summed E-state index contributed by atoms with van der Waals surface area (Å²) in [4.78, 5) is 18.1. The molecule has 1 aromatic carbocycles. The first-order chi connectivity index (χ1) is 8.24. The number of benzene rings is 1. The van der Waals surface area contributed by atoms with Gasteiger partial charge >= 0.3 is 5.69 Å². The Morgan fingerprint density at radius 2 is 2.18 bits per heavy atom. The van der Waals surface area contributed by atoms with Crippen LogP contribution in [0.2, 0.25) is 0 Å². The lowest BCUT2D eigenvalue weighted by Crippen LogP contribution is -2.11. The average Bonchev–Trinajstić information content (AvgIpc) is 2.80. The molecule has 3 aromatic rings. The van der Waals surface area contributed by atoms with Gasteiger partial charge in [0.1, 0.15) is 5.69 Å². The summed E-state index contributed by atoms with van der Waals surface area (Å²) in [6, 6.07) is 9.17. The van der Waals surface area contributed by atoms with Crippen molar-refractivity contribution in [2.45, 2.75) is 0 Å². The van der Waals surface area contributed by atoms with E-state index in [0.717, 1.165) is 15.4 Å². The van der Waals surface area contributed by atoms with E-state index in [1.54, 1.807) is 18.4 Å². The van der Waals surface area contributed by atoms with Crippen LogP contribution in [0.3, 0.4) is 0 Å². The SMILES string of the molecule is O=c1nc(-c2ccco2)c2ccc(Br)cc2[nH]1. The third-order valence-electron chi connectivity index (χ3n) is 2.45. The molecule has 0 aliphatic rings. The van der Waals surface area contributed by atoms with Gasteiger partial charge in [0.05, 0.1) is 11.8 Å². The van der Waals surface area contributed by atoms with Crippen molar-refractivity contribution in [3.05, 3.63) is 51.6 Å². The molecule has 84 valence electrons. The van der Waals surface area contributed by atoms with Crippen molar-refractivity contribution in [3.63, 3.8) is 0 Å². The molecule has 0 amide bonds. The number of halogens is 1. The number of nitrogens with one attached hydrogen (secondary N) is 1. The van der Waals surface area contributed by atoms with Crippen molar-refractivity contribution < 1.29 is 4.42 Å². The Kier molecular flexibility index (Phi) is 2.33. The van der Waals surface area contributed by atoms with E-state index in [1.165, 1.54) is 0 Å². The number of nitrogens with zero attached hydrogens (tertiary/aromatic N) is 1. The van der Waals surface area contributed by atoms with E-state index < -0.39 is 0 Å². The van der Waals surface area contributed by atoms with Crippen LogP contribution >= 0.6 is 15.9 Å². The zero-order valence-corrected chi connectivity index (χ0v) is 10.2. The molecule has 0 saturated heterocycles. The van der Waals surface area contributed by atoms with Crippen LogP contribution in [-0.4, -0.2) is 9.97 Å². The maximum atomic E-state index is 11.5. The lowest BCUT2D eigenvalue weighted by Gasteiger charge is -2.02. The second kappa shape index (κ2) is 3.85. The quantitative estimate of drug-likeness (QED) is 0.750. The molecular weight excluding hydrogens is 284 g/mol. The molecule has 3 rings (SSSR count). The molecule has 0 bridgehead atoms. The van der Waals surface area contributed by atoms with E-state index in [1.807, 2.05) is 18.2 Å². The van der Waals surface area contributed by atoms with Crippen LogP contribution in [0.4, 0.5) is 0 Å². The first-order valence-electron chi connectivity index (χ1n) is 4.97. The third-order valence-corrected chi connectivity index (χ3v) is 2.94. The van der Waals surface area contributed by atoms with Gasteiger partial charge in [0.15, 0.2) is 5.76 Å². The Morgan fingerprint density at radius 1 is 1.29 bits per heavy atom. The van der Waals surface area contributed by atoms with Crippen LogP contribution in [0.15, 0.2) is 50.3 Å². The minimum Gasteiger partial charge on any atom is -0.463 e. The molecule has 17 heavy (non-hydrogen) atoms. The van der Waals surface area contributed by atoms with Gasteiger partial charge in [-0.05, 0) is 30.3 Å². The number of hydrogen-bond donors (Lipinski definition) is 1. The molecule has 0 saturated carbocycles. The predicted octanol–water partition coefficient (Wildman–Crippen LogP) is 2.95. The van der Waals surface area contributed by atoms with Crippen molar-refractivity contribution >= 4 is 26.8 Å². The van der Waals surface area contributed by atoms with E-state index in [2.05, 4.69) is 25.9 Å². The normalized spacial score (nSPS) is 10.9. The summed E-state index contributed by atoms with van der Waals surface area (Å²) in [7, 11) is 0. The van der Waals surface area contributed by atoms with Crippen LogP contribution in [0, 0.1) is 0 Å². The summed E-state index contributed by atoms with van der Waals surface area (Å²) in [6.45, 7) is 0. The Balaban J connectivity index is 2.42. The van der Waals surface area contributed by atoms with E-state index in [9.17, 15) is 4.79 Å². The minimum absolute atomic E-state index is 0.387. The topological polar surface area (TPSA) is 58.9 Å². The van der Waals surface area contributed by atoms with Gasteiger partial charge in [0.25, 0.3) is 0 Å². The molecule has 5 heteroatoms. The smallest absolute Gasteiger partial charge is 0.346 e. The number of hydrogen-bond acceptors (Lipinski definition) is 3. The number of rotatable bonds is 1.